The molecule has 1 rings (SSSR count). The first-order chi connectivity index (χ1) is 4.61. The maximum atomic E-state index is 10.3. The minimum atomic E-state index is -1.11. The second kappa shape index (κ2) is 2.30. The predicted molar refractivity (Wildman–Crippen MR) is 37.7 cm³/mol. The zero-order chi connectivity index (χ0) is 7.72. The molecule has 0 fully saturated rings. The number of nitrogens with two attached hydrogens (primary N) is 1. The van der Waals surface area contributed by atoms with Gasteiger partial charge in [-0.05, 0) is 15.9 Å². The van der Waals surface area contributed by atoms with Crippen LogP contribution in [-0.2, 0) is 0 Å². The third-order valence-electron chi connectivity index (χ3n) is 0.881. The highest BCUT2D eigenvalue weighted by atomic mass is 79.9. The van der Waals surface area contributed by atoms with Crippen LogP contribution in [0.5, 0.6) is 0 Å². The van der Waals surface area contributed by atoms with Crippen LogP contribution in [-0.4, -0.2) is 21.0 Å². The van der Waals surface area contributed by atoms with Gasteiger partial charge < -0.3 is 15.8 Å². The summed E-state index contributed by atoms with van der Waals surface area (Å²) in [4.78, 5) is 16.2. The number of nitrogen functional groups attached to an aromatic ring is 1. The molecule has 10 heavy (non-hydrogen) atoms. The Balaban J connectivity index is 3.15. The zero-order valence-electron chi connectivity index (χ0n) is 4.76. The summed E-state index contributed by atoms with van der Waals surface area (Å²) < 4.78 is 0.289. The minimum absolute atomic E-state index is 0.0873. The minimum Gasteiger partial charge on any atom is -0.476 e. The third-order valence-corrected chi connectivity index (χ3v) is 1.45. The van der Waals surface area contributed by atoms with Gasteiger partial charge in [0.2, 0.25) is 0 Å². The van der Waals surface area contributed by atoms with Gasteiger partial charge in [-0.15, -0.1) is 0 Å². The van der Waals surface area contributed by atoms with Gasteiger partial charge in [0.05, 0.1) is 0 Å². The lowest BCUT2D eigenvalue weighted by molar-refractivity contribution is 0.0690. The summed E-state index contributed by atoms with van der Waals surface area (Å²) in [5, 5.41) is 8.41. The van der Waals surface area contributed by atoms with Crippen LogP contribution in [0.1, 0.15) is 10.5 Å². The van der Waals surface area contributed by atoms with Gasteiger partial charge in [0.15, 0.2) is 11.6 Å². The van der Waals surface area contributed by atoms with Crippen molar-refractivity contribution in [1.29, 1.82) is 0 Å². The van der Waals surface area contributed by atoms with Gasteiger partial charge in [-0.1, -0.05) is 0 Å². The summed E-state index contributed by atoms with van der Waals surface area (Å²) in [6.45, 7) is 0. The fourth-order valence-corrected chi connectivity index (χ4v) is 0.972. The average Bonchev–Trinajstić information content (AvgIpc) is 2.10. The van der Waals surface area contributed by atoms with Crippen molar-refractivity contribution in [1.82, 2.24) is 9.97 Å². The standard InChI is InChI=1S/C4H4BrN3O2/c5-2-1(3(9)10)7-4(6)8-2/h(H,9,10)(H3,6,7,8). The van der Waals surface area contributed by atoms with Crippen molar-refractivity contribution in [2.24, 2.45) is 0 Å². The van der Waals surface area contributed by atoms with Crippen LogP contribution < -0.4 is 5.73 Å². The molecule has 0 amide bonds. The number of hydrogen-bond donors (Lipinski definition) is 3. The first-order valence-corrected chi connectivity index (χ1v) is 3.15. The van der Waals surface area contributed by atoms with E-state index in [4.69, 9.17) is 10.8 Å². The predicted octanol–water partition coefficient (Wildman–Crippen LogP) is 0.453. The number of carboxylic acid groups (broad SMARTS) is 1. The summed E-state index contributed by atoms with van der Waals surface area (Å²) in [6.07, 6.45) is 0. The molecular weight excluding hydrogens is 202 g/mol. The molecule has 0 aliphatic carbocycles. The average molecular weight is 206 g/mol. The SMILES string of the molecule is Nc1nc(C(=O)O)c(Br)[nH]1. The molecule has 1 aromatic rings. The van der Waals surface area contributed by atoms with Crippen molar-refractivity contribution < 1.29 is 9.90 Å². The van der Waals surface area contributed by atoms with Crippen LogP contribution in [0.2, 0.25) is 0 Å². The Bertz CT molecular complexity index is 269. The molecule has 0 bridgehead atoms. The molecule has 4 N–H and O–H groups in total. The number of nitrogens with one attached hydrogen (secondary N) is 1. The number of halogens is 1. The number of aromatic amines is 1. The lowest BCUT2D eigenvalue weighted by Gasteiger charge is -1.82. The summed E-state index contributed by atoms with van der Waals surface area (Å²) in [7, 11) is 0. The molecule has 6 heteroatoms. The fraction of sp³-hybridized carbons (Fsp3) is 0. The van der Waals surface area contributed by atoms with Gasteiger partial charge in [0, 0.05) is 0 Å². The van der Waals surface area contributed by atoms with Gasteiger partial charge in [0.1, 0.15) is 4.60 Å². The van der Waals surface area contributed by atoms with Crippen molar-refractivity contribution in [2.45, 2.75) is 0 Å². The van der Waals surface area contributed by atoms with E-state index >= 15 is 0 Å². The normalized spacial score (nSPS) is 9.70. The van der Waals surface area contributed by atoms with E-state index in [0.717, 1.165) is 0 Å². The van der Waals surface area contributed by atoms with E-state index < -0.39 is 5.97 Å². The summed E-state index contributed by atoms with van der Waals surface area (Å²) in [5.41, 5.74) is 5.06. The molecule has 0 aliphatic rings. The Kier molecular flexibility index (Phi) is 1.62. The van der Waals surface area contributed by atoms with E-state index in [1.54, 1.807) is 0 Å². The highest BCUT2D eigenvalue weighted by Gasteiger charge is 2.12. The van der Waals surface area contributed by atoms with Crippen LogP contribution in [0.15, 0.2) is 4.60 Å². The number of rotatable bonds is 1. The molecule has 0 aliphatic heterocycles. The summed E-state index contributed by atoms with van der Waals surface area (Å²) >= 11 is 2.94. The smallest absolute Gasteiger partial charge is 0.357 e. The van der Waals surface area contributed by atoms with Crippen LogP contribution in [0, 0.1) is 0 Å². The van der Waals surface area contributed by atoms with Crippen molar-refractivity contribution in [3.05, 3.63) is 10.3 Å². The highest BCUT2D eigenvalue weighted by Crippen LogP contribution is 2.13. The number of anilines is 1. The van der Waals surface area contributed by atoms with Gasteiger partial charge >= 0.3 is 5.97 Å². The van der Waals surface area contributed by atoms with E-state index in [2.05, 4.69) is 25.9 Å². The Morgan fingerprint density at radius 3 is 2.60 bits per heavy atom. The Labute approximate surface area is 64.4 Å². The van der Waals surface area contributed by atoms with E-state index in [0.29, 0.717) is 0 Å². The maximum absolute atomic E-state index is 10.3. The van der Waals surface area contributed by atoms with Crippen LogP contribution in [0.25, 0.3) is 0 Å². The van der Waals surface area contributed by atoms with Gasteiger partial charge in [0.25, 0.3) is 0 Å². The molecule has 0 spiro atoms. The first kappa shape index (κ1) is 7.07. The maximum Gasteiger partial charge on any atom is 0.357 e. The third kappa shape index (κ3) is 1.10. The monoisotopic (exact) mass is 205 g/mol. The largest absolute Gasteiger partial charge is 0.476 e. The van der Waals surface area contributed by atoms with Crippen LogP contribution in [0.4, 0.5) is 5.95 Å². The molecule has 0 atom stereocenters. The molecule has 0 radical (unpaired) electrons. The number of nitrogens with zero attached hydrogens (tertiary/aromatic N) is 1. The van der Waals surface area contributed by atoms with E-state index in [9.17, 15) is 4.79 Å². The molecule has 0 aromatic carbocycles. The van der Waals surface area contributed by atoms with E-state index in [-0.39, 0.29) is 16.2 Å². The molecule has 1 aromatic heterocycles. The lowest BCUT2D eigenvalue weighted by Crippen LogP contribution is -1.97. The van der Waals surface area contributed by atoms with Gasteiger partial charge in [-0.3, -0.25) is 0 Å². The van der Waals surface area contributed by atoms with Crippen molar-refractivity contribution in [3.63, 3.8) is 0 Å². The number of aromatic carboxylic acids is 1. The van der Waals surface area contributed by atoms with Crippen molar-refractivity contribution >= 4 is 27.8 Å². The quantitative estimate of drug-likeness (QED) is 0.621. The number of hydrogen-bond acceptors (Lipinski definition) is 3. The molecule has 0 unspecified atom stereocenters. The Morgan fingerprint density at radius 2 is 2.40 bits per heavy atom. The van der Waals surface area contributed by atoms with Crippen molar-refractivity contribution in [3.8, 4) is 0 Å². The molecule has 0 saturated carbocycles. The first-order valence-electron chi connectivity index (χ1n) is 2.35. The fourth-order valence-electron chi connectivity index (χ4n) is 0.511. The molecule has 54 valence electrons. The van der Waals surface area contributed by atoms with Crippen molar-refractivity contribution in [2.75, 3.05) is 5.73 Å². The summed E-state index contributed by atoms with van der Waals surface area (Å²) in [5.74, 6) is -1.02. The second-order valence-electron chi connectivity index (χ2n) is 1.59. The lowest BCUT2D eigenvalue weighted by atomic mass is 10.5. The van der Waals surface area contributed by atoms with E-state index in [1.165, 1.54) is 0 Å². The zero-order valence-corrected chi connectivity index (χ0v) is 6.34. The number of aromatic nitrogens is 2. The molecular formula is C4H4BrN3O2. The number of carbonyl (C=O) groups is 1. The molecule has 0 saturated heterocycles. The Morgan fingerprint density at radius 1 is 1.80 bits per heavy atom. The molecule has 5 nitrogen and oxygen atoms in total. The molecule has 1 heterocycles. The van der Waals surface area contributed by atoms with Gasteiger partial charge in [-0.25, -0.2) is 9.78 Å². The topological polar surface area (TPSA) is 92.0 Å². The number of H-pyrrole nitrogens is 1. The van der Waals surface area contributed by atoms with Crippen LogP contribution in [0.3, 0.4) is 0 Å². The second-order valence-corrected chi connectivity index (χ2v) is 2.38. The number of carboxylic acids is 1. The Hall–Kier alpha value is -1.04. The van der Waals surface area contributed by atoms with E-state index in [1.807, 2.05) is 0 Å². The highest BCUT2D eigenvalue weighted by molar-refractivity contribution is 9.10. The summed E-state index contributed by atoms with van der Waals surface area (Å²) in [6, 6.07) is 0. The number of imidazole rings is 1. The van der Waals surface area contributed by atoms with Gasteiger partial charge in [-0.2, -0.15) is 0 Å². The van der Waals surface area contributed by atoms with Crippen LogP contribution >= 0.6 is 15.9 Å².